The third kappa shape index (κ3) is 3.30. The van der Waals surface area contributed by atoms with Crippen LogP contribution < -0.4 is 5.43 Å². The highest BCUT2D eigenvalue weighted by molar-refractivity contribution is 6.13. The Labute approximate surface area is 150 Å². The van der Waals surface area contributed by atoms with Gasteiger partial charge in [0, 0.05) is 28.8 Å². The van der Waals surface area contributed by atoms with Gasteiger partial charge in [-0.1, -0.05) is 66.7 Å². The molecule has 0 spiro atoms. The van der Waals surface area contributed by atoms with E-state index in [1.165, 1.54) is 6.07 Å². The van der Waals surface area contributed by atoms with E-state index in [0.717, 1.165) is 22.2 Å². The zero-order valence-corrected chi connectivity index (χ0v) is 13.9. The van der Waals surface area contributed by atoms with Gasteiger partial charge in [-0.2, -0.15) is 5.10 Å². The third-order valence-electron chi connectivity index (χ3n) is 4.05. The van der Waals surface area contributed by atoms with Gasteiger partial charge in [-0.3, -0.25) is 10.4 Å². The van der Waals surface area contributed by atoms with Gasteiger partial charge >= 0.3 is 0 Å². The van der Waals surface area contributed by atoms with Crippen molar-refractivity contribution in [2.45, 2.75) is 0 Å². The van der Waals surface area contributed by atoms with Crippen molar-refractivity contribution < 1.29 is 4.39 Å². The van der Waals surface area contributed by atoms with Crippen LogP contribution >= 0.6 is 0 Å². The maximum atomic E-state index is 14.3. The lowest BCUT2D eigenvalue weighted by Crippen LogP contribution is -2.06. The summed E-state index contributed by atoms with van der Waals surface area (Å²) in [4.78, 5) is 4.07. The first-order valence-electron chi connectivity index (χ1n) is 8.30. The molecule has 0 bridgehead atoms. The standard InChI is InChI=1S/C22H16FN3/c23-20-15-19(14-18-12-7-13-24-22(18)20)25-26-21(16-8-3-1-4-9-16)17-10-5-2-6-11-17/h1-15,25H. The van der Waals surface area contributed by atoms with Crippen molar-refractivity contribution in [3.63, 3.8) is 0 Å². The number of nitrogens with zero attached hydrogens (tertiary/aromatic N) is 2. The number of hydrogen-bond acceptors (Lipinski definition) is 3. The summed E-state index contributed by atoms with van der Waals surface area (Å²) < 4.78 is 14.3. The molecule has 4 rings (SSSR count). The summed E-state index contributed by atoms with van der Waals surface area (Å²) in [5.74, 6) is -0.373. The van der Waals surface area contributed by atoms with Crippen LogP contribution in [0.1, 0.15) is 11.1 Å². The second-order valence-electron chi connectivity index (χ2n) is 5.84. The van der Waals surface area contributed by atoms with Gasteiger partial charge in [-0.25, -0.2) is 4.39 Å². The summed E-state index contributed by atoms with van der Waals surface area (Å²) in [5, 5.41) is 5.29. The molecular weight excluding hydrogens is 325 g/mol. The summed E-state index contributed by atoms with van der Waals surface area (Å²) >= 11 is 0. The van der Waals surface area contributed by atoms with Gasteiger partial charge in [-0.05, 0) is 12.1 Å². The van der Waals surface area contributed by atoms with Crippen LogP contribution in [-0.4, -0.2) is 10.7 Å². The molecule has 0 fully saturated rings. The Balaban J connectivity index is 1.74. The van der Waals surface area contributed by atoms with E-state index in [1.807, 2.05) is 72.8 Å². The summed E-state index contributed by atoms with van der Waals surface area (Å²) in [6.07, 6.45) is 1.58. The van der Waals surface area contributed by atoms with Crippen LogP contribution in [0.3, 0.4) is 0 Å². The molecule has 1 aromatic heterocycles. The predicted octanol–water partition coefficient (Wildman–Crippen LogP) is 5.24. The number of pyridine rings is 1. The highest BCUT2D eigenvalue weighted by Gasteiger charge is 2.08. The molecule has 0 unspecified atom stereocenters. The molecule has 0 aliphatic heterocycles. The molecule has 3 aromatic carbocycles. The lowest BCUT2D eigenvalue weighted by Gasteiger charge is -2.09. The molecule has 0 saturated carbocycles. The first kappa shape index (κ1) is 16.0. The molecule has 1 heterocycles. The highest BCUT2D eigenvalue weighted by atomic mass is 19.1. The van der Waals surface area contributed by atoms with Crippen molar-refractivity contribution in [2.75, 3.05) is 5.43 Å². The highest BCUT2D eigenvalue weighted by Crippen LogP contribution is 2.21. The van der Waals surface area contributed by atoms with Crippen molar-refractivity contribution >= 4 is 22.3 Å². The molecule has 126 valence electrons. The summed E-state index contributed by atoms with van der Waals surface area (Å²) in [5.41, 5.74) is 6.68. The van der Waals surface area contributed by atoms with E-state index in [4.69, 9.17) is 0 Å². The van der Waals surface area contributed by atoms with Gasteiger partial charge in [0.2, 0.25) is 0 Å². The van der Waals surface area contributed by atoms with E-state index >= 15 is 0 Å². The normalized spacial score (nSPS) is 10.5. The molecule has 0 aliphatic rings. The maximum absolute atomic E-state index is 14.3. The van der Waals surface area contributed by atoms with Crippen molar-refractivity contribution in [3.8, 4) is 0 Å². The Hall–Kier alpha value is -3.53. The lowest BCUT2D eigenvalue weighted by atomic mass is 10.0. The van der Waals surface area contributed by atoms with Crippen LogP contribution in [0.25, 0.3) is 10.9 Å². The van der Waals surface area contributed by atoms with Crippen LogP contribution in [0.15, 0.2) is 96.2 Å². The lowest BCUT2D eigenvalue weighted by molar-refractivity contribution is 0.637. The zero-order valence-electron chi connectivity index (χ0n) is 13.9. The number of aromatic nitrogens is 1. The van der Waals surface area contributed by atoms with Gasteiger partial charge in [0.25, 0.3) is 0 Å². The van der Waals surface area contributed by atoms with E-state index in [9.17, 15) is 4.39 Å². The fraction of sp³-hybridized carbons (Fsp3) is 0. The second kappa shape index (κ2) is 7.15. The molecule has 0 atom stereocenters. The van der Waals surface area contributed by atoms with Gasteiger partial charge in [-0.15, -0.1) is 0 Å². The molecule has 3 nitrogen and oxygen atoms in total. The Kier molecular flexibility index (Phi) is 4.39. The van der Waals surface area contributed by atoms with Crippen molar-refractivity contribution in [1.29, 1.82) is 0 Å². The predicted molar refractivity (Wildman–Crippen MR) is 104 cm³/mol. The molecule has 1 N–H and O–H groups in total. The molecule has 4 aromatic rings. The second-order valence-corrected chi connectivity index (χ2v) is 5.84. The molecule has 0 radical (unpaired) electrons. The van der Waals surface area contributed by atoms with Crippen molar-refractivity contribution in [1.82, 2.24) is 4.98 Å². The Morgan fingerprint density at radius 1 is 0.808 bits per heavy atom. The van der Waals surface area contributed by atoms with Gasteiger partial charge in [0.1, 0.15) is 5.52 Å². The summed E-state index contributed by atoms with van der Waals surface area (Å²) in [6.45, 7) is 0. The number of hydrogen-bond donors (Lipinski definition) is 1. The van der Waals surface area contributed by atoms with Crippen molar-refractivity contribution in [3.05, 3.63) is 108 Å². The summed E-state index contributed by atoms with van der Waals surface area (Å²) in [6, 6.07) is 26.7. The Morgan fingerprint density at radius 3 is 2.12 bits per heavy atom. The van der Waals surface area contributed by atoms with E-state index in [-0.39, 0.29) is 5.82 Å². The van der Waals surface area contributed by atoms with Gasteiger partial charge in [0.15, 0.2) is 5.82 Å². The van der Waals surface area contributed by atoms with Crippen LogP contribution in [0.5, 0.6) is 0 Å². The molecule has 0 aliphatic carbocycles. The molecule has 0 saturated heterocycles. The van der Waals surface area contributed by atoms with Crippen molar-refractivity contribution in [2.24, 2.45) is 5.10 Å². The van der Waals surface area contributed by atoms with Crippen LogP contribution in [0, 0.1) is 5.82 Å². The Bertz CT molecular complexity index is 1020. The quantitative estimate of drug-likeness (QED) is 0.407. The van der Waals surface area contributed by atoms with Gasteiger partial charge in [0.05, 0.1) is 11.4 Å². The average Bonchev–Trinajstić information content (AvgIpc) is 2.70. The number of fused-ring (bicyclic) bond motifs is 1. The van der Waals surface area contributed by atoms with Crippen LogP contribution in [0.4, 0.5) is 10.1 Å². The first-order valence-corrected chi connectivity index (χ1v) is 8.30. The van der Waals surface area contributed by atoms with E-state index in [2.05, 4.69) is 15.5 Å². The molecular formula is C22H16FN3. The molecule has 0 amide bonds. The third-order valence-corrected chi connectivity index (χ3v) is 4.05. The average molecular weight is 341 g/mol. The van der Waals surface area contributed by atoms with Crippen LogP contribution in [0.2, 0.25) is 0 Å². The topological polar surface area (TPSA) is 37.3 Å². The minimum Gasteiger partial charge on any atom is -0.278 e. The monoisotopic (exact) mass is 341 g/mol. The van der Waals surface area contributed by atoms with Gasteiger partial charge < -0.3 is 0 Å². The van der Waals surface area contributed by atoms with E-state index < -0.39 is 0 Å². The number of benzene rings is 3. The number of nitrogens with one attached hydrogen (secondary N) is 1. The van der Waals surface area contributed by atoms with E-state index in [0.29, 0.717) is 11.2 Å². The number of halogens is 1. The largest absolute Gasteiger partial charge is 0.278 e. The zero-order chi connectivity index (χ0) is 17.8. The molecule has 26 heavy (non-hydrogen) atoms. The minimum atomic E-state index is -0.373. The smallest absolute Gasteiger partial charge is 0.151 e. The number of anilines is 1. The minimum absolute atomic E-state index is 0.355. The Morgan fingerprint density at radius 2 is 1.46 bits per heavy atom. The number of rotatable bonds is 4. The molecule has 4 heteroatoms. The van der Waals surface area contributed by atoms with Crippen LogP contribution in [-0.2, 0) is 0 Å². The first-order chi connectivity index (χ1) is 12.8. The SMILES string of the molecule is Fc1cc(NN=C(c2ccccc2)c2ccccc2)cc2cccnc12. The maximum Gasteiger partial charge on any atom is 0.151 e. The summed E-state index contributed by atoms with van der Waals surface area (Å²) in [7, 11) is 0. The van der Waals surface area contributed by atoms with E-state index in [1.54, 1.807) is 12.3 Å². The fourth-order valence-corrected chi connectivity index (χ4v) is 2.82. The fourth-order valence-electron chi connectivity index (χ4n) is 2.82. The number of hydrazone groups is 1.